The van der Waals surface area contributed by atoms with Gasteiger partial charge in [0.15, 0.2) is 11.5 Å². The molecule has 0 aliphatic carbocycles. The van der Waals surface area contributed by atoms with Crippen molar-refractivity contribution in [3.8, 4) is 17.6 Å². The number of carbonyl (C=O) groups is 1. The summed E-state index contributed by atoms with van der Waals surface area (Å²) in [6.45, 7) is 4.78. The second kappa shape index (κ2) is 7.07. The Bertz CT molecular complexity index is 548. The molecule has 6 heteroatoms. The fourth-order valence-electron chi connectivity index (χ4n) is 2.52. The number of piperazine rings is 1. The minimum absolute atomic E-state index is 0.0608. The Balaban J connectivity index is 2.22. The number of aromatic hydroxyl groups is 1. The quantitative estimate of drug-likeness (QED) is 0.639. The monoisotopic (exact) mass is 289 g/mol. The van der Waals surface area contributed by atoms with E-state index in [0.717, 1.165) is 31.7 Å². The van der Waals surface area contributed by atoms with Crippen LogP contribution in [0.5, 0.6) is 11.5 Å². The number of carbonyl (C=O) groups excluding carboxylic acids is 1. The number of hydrogen-bond acceptors (Lipinski definition) is 6. The Morgan fingerprint density at radius 1 is 1.52 bits per heavy atom. The van der Waals surface area contributed by atoms with Gasteiger partial charge in [-0.3, -0.25) is 9.69 Å². The van der Waals surface area contributed by atoms with E-state index in [1.807, 2.05) is 0 Å². The van der Waals surface area contributed by atoms with E-state index in [4.69, 9.17) is 10.00 Å². The number of phenols is 1. The third kappa shape index (κ3) is 3.94. The van der Waals surface area contributed by atoms with E-state index in [2.05, 4.69) is 16.3 Å². The van der Waals surface area contributed by atoms with Gasteiger partial charge in [-0.2, -0.15) is 5.26 Å². The van der Waals surface area contributed by atoms with Crippen LogP contribution in [0.3, 0.4) is 0 Å². The Hall–Kier alpha value is -2.10. The number of nitrogens with zero attached hydrogens (tertiary/aromatic N) is 2. The fourth-order valence-corrected chi connectivity index (χ4v) is 2.52. The standard InChI is InChI=1S/C15H19N3O3/c1-11(19)21-15-3-2-12(10-14(15)20)13(4-5-16)18-8-6-17-7-9-18/h2-3,10,13,17,20H,4,6-9H2,1H3/t13-/m0/s1. The molecule has 0 saturated carbocycles. The van der Waals surface area contributed by atoms with E-state index in [9.17, 15) is 9.90 Å². The molecule has 1 fully saturated rings. The van der Waals surface area contributed by atoms with Gasteiger partial charge in [0, 0.05) is 39.1 Å². The number of rotatable bonds is 4. The van der Waals surface area contributed by atoms with Gasteiger partial charge in [0.2, 0.25) is 0 Å². The maximum Gasteiger partial charge on any atom is 0.308 e. The van der Waals surface area contributed by atoms with Crippen LogP contribution in [-0.4, -0.2) is 42.2 Å². The zero-order valence-electron chi connectivity index (χ0n) is 12.0. The van der Waals surface area contributed by atoms with E-state index >= 15 is 0 Å². The van der Waals surface area contributed by atoms with E-state index in [-0.39, 0.29) is 17.5 Å². The van der Waals surface area contributed by atoms with E-state index in [1.54, 1.807) is 18.2 Å². The third-order valence-corrected chi connectivity index (χ3v) is 3.50. The van der Waals surface area contributed by atoms with Gasteiger partial charge >= 0.3 is 5.97 Å². The lowest BCUT2D eigenvalue weighted by Crippen LogP contribution is -2.45. The Morgan fingerprint density at radius 3 is 2.81 bits per heavy atom. The zero-order chi connectivity index (χ0) is 15.2. The van der Waals surface area contributed by atoms with E-state index in [1.165, 1.54) is 6.92 Å². The van der Waals surface area contributed by atoms with Gasteiger partial charge < -0.3 is 15.2 Å². The molecule has 1 atom stereocenters. The van der Waals surface area contributed by atoms with Crippen molar-refractivity contribution < 1.29 is 14.6 Å². The summed E-state index contributed by atoms with van der Waals surface area (Å²) in [7, 11) is 0. The summed E-state index contributed by atoms with van der Waals surface area (Å²) < 4.78 is 4.91. The molecule has 1 aliphatic heterocycles. The van der Waals surface area contributed by atoms with Crippen molar-refractivity contribution in [1.29, 1.82) is 5.26 Å². The first-order chi connectivity index (χ1) is 10.1. The first kappa shape index (κ1) is 15.3. The lowest BCUT2D eigenvalue weighted by Gasteiger charge is -2.34. The molecular formula is C15H19N3O3. The average molecular weight is 289 g/mol. The van der Waals surface area contributed by atoms with Crippen LogP contribution in [0.15, 0.2) is 18.2 Å². The molecule has 21 heavy (non-hydrogen) atoms. The van der Waals surface area contributed by atoms with Crippen LogP contribution in [0, 0.1) is 11.3 Å². The van der Waals surface area contributed by atoms with Gasteiger partial charge in [0.25, 0.3) is 0 Å². The molecule has 1 heterocycles. The summed E-state index contributed by atoms with van der Waals surface area (Å²) in [5, 5.41) is 22.3. The van der Waals surface area contributed by atoms with Crippen molar-refractivity contribution >= 4 is 5.97 Å². The summed E-state index contributed by atoms with van der Waals surface area (Å²) in [4.78, 5) is 13.2. The molecule has 1 aromatic carbocycles. The first-order valence-corrected chi connectivity index (χ1v) is 6.95. The second-order valence-electron chi connectivity index (χ2n) is 4.98. The van der Waals surface area contributed by atoms with Crippen LogP contribution in [0.1, 0.15) is 24.9 Å². The van der Waals surface area contributed by atoms with Crippen LogP contribution in [-0.2, 0) is 4.79 Å². The minimum Gasteiger partial charge on any atom is -0.504 e. The molecular weight excluding hydrogens is 270 g/mol. The van der Waals surface area contributed by atoms with Crippen molar-refractivity contribution in [2.24, 2.45) is 0 Å². The summed E-state index contributed by atoms with van der Waals surface area (Å²) in [6, 6.07) is 7.07. The largest absolute Gasteiger partial charge is 0.504 e. The summed E-state index contributed by atoms with van der Waals surface area (Å²) in [6.07, 6.45) is 0.354. The van der Waals surface area contributed by atoms with Crippen LogP contribution in [0.4, 0.5) is 0 Å². The highest BCUT2D eigenvalue weighted by molar-refractivity contribution is 5.70. The SMILES string of the molecule is CC(=O)Oc1ccc([C@H](CC#N)N2CCNCC2)cc1O. The molecule has 6 nitrogen and oxygen atoms in total. The fraction of sp³-hybridized carbons (Fsp3) is 0.467. The predicted molar refractivity (Wildman–Crippen MR) is 76.8 cm³/mol. The molecule has 112 valence electrons. The Morgan fingerprint density at radius 2 is 2.24 bits per heavy atom. The lowest BCUT2D eigenvalue weighted by molar-refractivity contribution is -0.132. The highest BCUT2D eigenvalue weighted by Gasteiger charge is 2.23. The van der Waals surface area contributed by atoms with E-state index < -0.39 is 5.97 Å². The molecule has 1 saturated heterocycles. The predicted octanol–water partition coefficient (Wildman–Crippen LogP) is 1.18. The third-order valence-electron chi connectivity index (χ3n) is 3.50. The number of ether oxygens (including phenoxy) is 1. The number of benzene rings is 1. The Kier molecular flexibility index (Phi) is 5.14. The molecule has 1 aromatic rings. The maximum atomic E-state index is 10.9. The molecule has 0 amide bonds. The molecule has 1 aliphatic rings. The van der Waals surface area contributed by atoms with Gasteiger partial charge in [0.1, 0.15) is 0 Å². The smallest absolute Gasteiger partial charge is 0.308 e. The maximum absolute atomic E-state index is 10.9. The highest BCUT2D eigenvalue weighted by atomic mass is 16.5. The van der Waals surface area contributed by atoms with Crippen molar-refractivity contribution in [3.05, 3.63) is 23.8 Å². The molecule has 0 bridgehead atoms. The van der Waals surface area contributed by atoms with Crippen LogP contribution >= 0.6 is 0 Å². The first-order valence-electron chi connectivity index (χ1n) is 6.95. The van der Waals surface area contributed by atoms with Crippen molar-refractivity contribution in [1.82, 2.24) is 10.2 Å². The molecule has 0 unspecified atom stereocenters. The number of nitriles is 1. The van der Waals surface area contributed by atoms with Crippen molar-refractivity contribution in [3.63, 3.8) is 0 Å². The number of nitrogens with one attached hydrogen (secondary N) is 1. The van der Waals surface area contributed by atoms with Crippen molar-refractivity contribution in [2.75, 3.05) is 26.2 Å². The summed E-state index contributed by atoms with van der Waals surface area (Å²) in [5.41, 5.74) is 0.854. The minimum atomic E-state index is -0.478. The normalized spacial score (nSPS) is 17.0. The molecule has 2 N–H and O–H groups in total. The van der Waals surface area contributed by atoms with Crippen LogP contribution in [0.2, 0.25) is 0 Å². The van der Waals surface area contributed by atoms with Crippen LogP contribution in [0.25, 0.3) is 0 Å². The highest BCUT2D eigenvalue weighted by Crippen LogP contribution is 2.32. The van der Waals surface area contributed by atoms with Gasteiger partial charge in [0.05, 0.1) is 12.5 Å². The number of esters is 1. The number of phenolic OH excluding ortho intramolecular Hbond substituents is 1. The molecule has 2 rings (SSSR count). The van der Waals surface area contributed by atoms with Gasteiger partial charge in [-0.1, -0.05) is 6.07 Å². The topological polar surface area (TPSA) is 85.6 Å². The summed E-state index contributed by atoms with van der Waals surface area (Å²) >= 11 is 0. The lowest BCUT2D eigenvalue weighted by atomic mass is 10.0. The molecule has 0 radical (unpaired) electrons. The summed E-state index contributed by atoms with van der Waals surface area (Å²) in [5.74, 6) is -0.420. The van der Waals surface area contributed by atoms with Crippen LogP contribution < -0.4 is 10.1 Å². The molecule has 0 aromatic heterocycles. The van der Waals surface area contributed by atoms with Gasteiger partial charge in [-0.25, -0.2) is 0 Å². The molecule has 0 spiro atoms. The van der Waals surface area contributed by atoms with Gasteiger partial charge in [-0.15, -0.1) is 0 Å². The van der Waals surface area contributed by atoms with Crippen molar-refractivity contribution in [2.45, 2.75) is 19.4 Å². The van der Waals surface area contributed by atoms with Gasteiger partial charge in [-0.05, 0) is 17.7 Å². The Labute approximate surface area is 123 Å². The number of hydrogen-bond donors (Lipinski definition) is 2. The average Bonchev–Trinajstić information content (AvgIpc) is 2.47. The zero-order valence-corrected chi connectivity index (χ0v) is 12.0. The second-order valence-corrected chi connectivity index (χ2v) is 4.98. The van der Waals surface area contributed by atoms with E-state index in [0.29, 0.717) is 6.42 Å².